The highest BCUT2D eigenvalue weighted by atomic mass is 79.9. The third-order valence-corrected chi connectivity index (χ3v) is 4.44. The van der Waals surface area contributed by atoms with Gasteiger partial charge in [0.1, 0.15) is 6.61 Å². The number of rotatable bonds is 9. The fourth-order valence-electron chi connectivity index (χ4n) is 2.65. The second kappa shape index (κ2) is 10.2. The number of nitrogens with two attached hydrogens (primary N) is 1. The van der Waals surface area contributed by atoms with E-state index in [-0.39, 0.29) is 0 Å². The summed E-state index contributed by atoms with van der Waals surface area (Å²) >= 11 is 3.52. The monoisotopic (exact) mass is 400 g/mol. The first-order valence-electron chi connectivity index (χ1n) is 8.50. The van der Waals surface area contributed by atoms with Gasteiger partial charge in [0.15, 0.2) is 0 Å². The minimum absolute atomic E-state index is 0.553. The Morgan fingerprint density at radius 1 is 1.28 bits per heavy atom. The molecule has 0 aliphatic rings. The third kappa shape index (κ3) is 5.83. The molecule has 1 aromatic heterocycles. The van der Waals surface area contributed by atoms with Gasteiger partial charge in [-0.15, -0.1) is 0 Å². The SMILES string of the molecule is C=Cc1ncc(Br)cc1/C(CCCCN)=C(\C)OCc1ccccc1. The minimum atomic E-state index is 0.553. The zero-order valence-corrected chi connectivity index (χ0v) is 16.3. The molecular formula is C21H25BrN2O. The number of hydrogen-bond donors (Lipinski definition) is 1. The molecule has 4 heteroatoms. The minimum Gasteiger partial charge on any atom is -0.493 e. The zero-order chi connectivity index (χ0) is 18.1. The van der Waals surface area contributed by atoms with E-state index in [1.807, 2.05) is 25.1 Å². The van der Waals surface area contributed by atoms with E-state index >= 15 is 0 Å². The average molecular weight is 401 g/mol. The van der Waals surface area contributed by atoms with Crippen LogP contribution in [0.25, 0.3) is 11.6 Å². The Balaban J connectivity index is 2.30. The standard InChI is InChI=1S/C21H25BrN2O/c1-3-21-20(13-18(22)14-24-21)19(11-7-8-12-23)16(2)25-15-17-9-5-4-6-10-17/h3-6,9-10,13-14H,1,7-8,11-12,15,23H2,2H3/b19-16+. The van der Waals surface area contributed by atoms with Crippen LogP contribution in [-0.2, 0) is 11.3 Å². The zero-order valence-electron chi connectivity index (χ0n) is 14.7. The second-order valence-electron chi connectivity index (χ2n) is 5.85. The molecule has 1 aromatic carbocycles. The Labute approximate surface area is 158 Å². The Morgan fingerprint density at radius 2 is 2.04 bits per heavy atom. The molecule has 132 valence electrons. The molecule has 0 atom stereocenters. The van der Waals surface area contributed by atoms with Crippen LogP contribution in [0.1, 0.15) is 43.0 Å². The topological polar surface area (TPSA) is 48.1 Å². The molecule has 1 heterocycles. The summed E-state index contributed by atoms with van der Waals surface area (Å²) in [6.07, 6.45) is 6.48. The Kier molecular flexibility index (Phi) is 7.89. The van der Waals surface area contributed by atoms with Crippen LogP contribution in [0.3, 0.4) is 0 Å². The van der Waals surface area contributed by atoms with Crippen molar-refractivity contribution in [2.75, 3.05) is 6.54 Å². The first kappa shape index (κ1) is 19.4. The number of pyridine rings is 1. The summed E-state index contributed by atoms with van der Waals surface area (Å²) in [6, 6.07) is 12.3. The Morgan fingerprint density at radius 3 is 2.72 bits per heavy atom. The molecule has 0 spiro atoms. The van der Waals surface area contributed by atoms with Crippen molar-refractivity contribution >= 4 is 27.6 Å². The molecule has 0 aliphatic heterocycles. The van der Waals surface area contributed by atoms with Crippen molar-refractivity contribution in [1.82, 2.24) is 4.98 Å². The first-order valence-corrected chi connectivity index (χ1v) is 9.30. The third-order valence-electron chi connectivity index (χ3n) is 4.01. The van der Waals surface area contributed by atoms with Gasteiger partial charge < -0.3 is 10.5 Å². The maximum atomic E-state index is 6.09. The molecule has 3 nitrogen and oxygen atoms in total. The van der Waals surface area contributed by atoms with E-state index in [0.29, 0.717) is 13.2 Å². The van der Waals surface area contributed by atoms with Gasteiger partial charge in [0.05, 0.1) is 11.5 Å². The number of allylic oxidation sites excluding steroid dienone is 2. The van der Waals surface area contributed by atoms with E-state index in [1.54, 1.807) is 12.3 Å². The summed E-state index contributed by atoms with van der Waals surface area (Å²) in [4.78, 5) is 4.47. The molecule has 0 fully saturated rings. The maximum Gasteiger partial charge on any atom is 0.113 e. The highest BCUT2D eigenvalue weighted by Gasteiger charge is 2.13. The lowest BCUT2D eigenvalue weighted by molar-refractivity contribution is 0.201. The number of benzene rings is 1. The highest BCUT2D eigenvalue weighted by Crippen LogP contribution is 2.30. The second-order valence-corrected chi connectivity index (χ2v) is 6.76. The fourth-order valence-corrected chi connectivity index (χ4v) is 2.98. The maximum absolute atomic E-state index is 6.09. The van der Waals surface area contributed by atoms with Crippen LogP contribution >= 0.6 is 15.9 Å². The average Bonchev–Trinajstić information content (AvgIpc) is 2.64. The molecule has 0 saturated heterocycles. The van der Waals surface area contributed by atoms with Gasteiger partial charge in [-0.2, -0.15) is 0 Å². The molecule has 2 rings (SSSR count). The van der Waals surface area contributed by atoms with Gasteiger partial charge in [0.25, 0.3) is 0 Å². The van der Waals surface area contributed by atoms with E-state index < -0.39 is 0 Å². The van der Waals surface area contributed by atoms with Gasteiger partial charge in [-0.1, -0.05) is 36.9 Å². The summed E-state index contributed by atoms with van der Waals surface area (Å²) in [6.45, 7) is 7.16. The number of hydrogen-bond acceptors (Lipinski definition) is 3. The molecule has 0 radical (unpaired) electrons. The molecule has 0 amide bonds. The lowest BCUT2D eigenvalue weighted by Gasteiger charge is -2.16. The molecule has 0 aliphatic carbocycles. The van der Waals surface area contributed by atoms with Crippen LogP contribution in [0.2, 0.25) is 0 Å². The van der Waals surface area contributed by atoms with Crippen LogP contribution in [-0.4, -0.2) is 11.5 Å². The smallest absolute Gasteiger partial charge is 0.113 e. The van der Waals surface area contributed by atoms with Crippen molar-refractivity contribution in [2.24, 2.45) is 5.73 Å². The lowest BCUT2D eigenvalue weighted by Crippen LogP contribution is -2.02. The molecule has 0 bridgehead atoms. The van der Waals surface area contributed by atoms with Crippen LogP contribution in [0, 0.1) is 0 Å². The molecular weight excluding hydrogens is 376 g/mol. The van der Waals surface area contributed by atoms with E-state index in [1.165, 1.54) is 0 Å². The Bertz CT molecular complexity index is 726. The Hall–Kier alpha value is -1.91. The van der Waals surface area contributed by atoms with Crippen molar-refractivity contribution in [3.8, 4) is 0 Å². The van der Waals surface area contributed by atoms with Gasteiger partial charge in [0, 0.05) is 16.2 Å². The van der Waals surface area contributed by atoms with Gasteiger partial charge in [0.2, 0.25) is 0 Å². The van der Waals surface area contributed by atoms with E-state index in [0.717, 1.165) is 51.9 Å². The van der Waals surface area contributed by atoms with Crippen LogP contribution in [0.15, 0.2) is 59.4 Å². The highest BCUT2D eigenvalue weighted by molar-refractivity contribution is 9.10. The molecule has 2 N–H and O–H groups in total. The molecule has 2 aromatic rings. The number of ether oxygens (including phenoxy) is 1. The van der Waals surface area contributed by atoms with Gasteiger partial charge in [-0.05, 0) is 71.9 Å². The van der Waals surface area contributed by atoms with E-state index in [2.05, 4.69) is 45.7 Å². The van der Waals surface area contributed by atoms with Crippen molar-refractivity contribution in [2.45, 2.75) is 32.8 Å². The molecule has 0 saturated carbocycles. The van der Waals surface area contributed by atoms with Crippen molar-refractivity contribution in [1.29, 1.82) is 0 Å². The summed E-state index contributed by atoms with van der Waals surface area (Å²) in [5.74, 6) is 0.920. The number of aromatic nitrogens is 1. The largest absolute Gasteiger partial charge is 0.493 e. The quantitative estimate of drug-likeness (QED) is 0.442. The lowest BCUT2D eigenvalue weighted by atomic mass is 9.97. The normalized spacial score (nSPS) is 11.8. The van der Waals surface area contributed by atoms with Crippen molar-refractivity contribution in [3.05, 3.63) is 76.2 Å². The summed E-state index contributed by atoms with van der Waals surface area (Å²) in [7, 11) is 0. The van der Waals surface area contributed by atoms with Crippen LogP contribution < -0.4 is 5.73 Å². The predicted octanol–water partition coefficient (Wildman–Crippen LogP) is 5.56. The summed E-state index contributed by atoms with van der Waals surface area (Å²) in [5, 5.41) is 0. The first-order chi connectivity index (χ1) is 12.2. The van der Waals surface area contributed by atoms with Gasteiger partial charge in [-0.25, -0.2) is 0 Å². The molecule has 0 unspecified atom stereocenters. The van der Waals surface area contributed by atoms with E-state index in [4.69, 9.17) is 10.5 Å². The van der Waals surface area contributed by atoms with Crippen molar-refractivity contribution < 1.29 is 4.74 Å². The van der Waals surface area contributed by atoms with Crippen molar-refractivity contribution in [3.63, 3.8) is 0 Å². The fraction of sp³-hybridized carbons (Fsp3) is 0.286. The van der Waals surface area contributed by atoms with Crippen LogP contribution in [0.5, 0.6) is 0 Å². The van der Waals surface area contributed by atoms with Gasteiger partial charge >= 0.3 is 0 Å². The number of nitrogens with zero attached hydrogens (tertiary/aromatic N) is 1. The number of halogens is 1. The number of unbranched alkanes of at least 4 members (excludes halogenated alkanes) is 1. The van der Waals surface area contributed by atoms with Gasteiger partial charge in [-0.3, -0.25) is 4.98 Å². The summed E-state index contributed by atoms with van der Waals surface area (Å²) in [5.41, 5.74) is 9.90. The predicted molar refractivity (Wildman–Crippen MR) is 109 cm³/mol. The summed E-state index contributed by atoms with van der Waals surface area (Å²) < 4.78 is 7.03. The van der Waals surface area contributed by atoms with E-state index in [9.17, 15) is 0 Å². The molecule has 25 heavy (non-hydrogen) atoms. The van der Waals surface area contributed by atoms with Crippen LogP contribution in [0.4, 0.5) is 0 Å².